The van der Waals surface area contributed by atoms with Crippen LogP contribution in [0, 0.1) is 6.92 Å². The van der Waals surface area contributed by atoms with E-state index in [-0.39, 0.29) is 12.1 Å². The van der Waals surface area contributed by atoms with Gasteiger partial charge in [0, 0.05) is 5.69 Å². The molecule has 0 saturated carbocycles. The van der Waals surface area contributed by atoms with Crippen LogP contribution in [0.4, 0.5) is 0 Å². The molecule has 1 atom stereocenters. The Morgan fingerprint density at radius 1 is 1.53 bits per heavy atom. The van der Waals surface area contributed by atoms with Gasteiger partial charge in [0.15, 0.2) is 5.78 Å². The van der Waals surface area contributed by atoms with Crippen molar-refractivity contribution in [3.8, 4) is 0 Å². The molecule has 1 unspecified atom stereocenters. The minimum atomic E-state index is -3.85. The molecule has 0 saturated heterocycles. The van der Waals surface area contributed by atoms with Crippen LogP contribution in [0.5, 0.6) is 0 Å². The largest absolute Gasteiger partial charge is 0.335 e. The normalized spacial score (nSPS) is 15.3. The van der Waals surface area contributed by atoms with E-state index < -0.39 is 19.5 Å². The number of ketones is 1. The second-order valence-electron chi connectivity index (χ2n) is 5.36. The number of hydrogen-bond donors (Lipinski definition) is 1. The van der Waals surface area contributed by atoms with Crippen molar-refractivity contribution in [3.63, 3.8) is 0 Å². The topological polar surface area (TPSA) is 81.4 Å². The van der Waals surface area contributed by atoms with E-state index in [1.165, 1.54) is 6.20 Å². The van der Waals surface area contributed by atoms with Gasteiger partial charge < -0.3 is 9.42 Å². The predicted molar refractivity (Wildman–Crippen MR) is 72.6 cm³/mol. The highest BCUT2D eigenvalue weighted by molar-refractivity contribution is 7.53. The Hall–Kier alpha value is -0.970. The first-order valence-electron chi connectivity index (χ1n) is 6.13. The third-order valence-electron chi connectivity index (χ3n) is 2.62. The average Bonchev–Trinajstić information content (AvgIpc) is 2.58. The molecule has 0 aromatic carbocycles. The van der Waals surface area contributed by atoms with E-state index in [4.69, 9.17) is 4.52 Å². The number of aromatic nitrogens is 2. The van der Waals surface area contributed by atoms with E-state index in [9.17, 15) is 14.3 Å². The van der Waals surface area contributed by atoms with Crippen LogP contribution in [-0.2, 0) is 14.6 Å². The molecule has 0 fully saturated rings. The molecule has 6 nitrogen and oxygen atoms in total. The van der Waals surface area contributed by atoms with Gasteiger partial charge in [-0.3, -0.25) is 14.0 Å². The Bertz CT molecular complexity index is 516. The van der Waals surface area contributed by atoms with Crippen molar-refractivity contribution >= 4 is 13.4 Å². The van der Waals surface area contributed by atoms with E-state index in [2.05, 4.69) is 5.10 Å². The molecular formula is C12H21N2O4P. The Balaban J connectivity index is 2.97. The lowest BCUT2D eigenvalue weighted by molar-refractivity contribution is 0.101. The van der Waals surface area contributed by atoms with Crippen molar-refractivity contribution in [2.45, 2.75) is 40.2 Å². The monoisotopic (exact) mass is 288 g/mol. The van der Waals surface area contributed by atoms with Crippen LogP contribution in [0.1, 0.15) is 43.7 Å². The highest BCUT2D eigenvalue weighted by atomic mass is 31.2. The van der Waals surface area contributed by atoms with Crippen molar-refractivity contribution in [1.29, 1.82) is 0 Å². The van der Waals surface area contributed by atoms with Gasteiger partial charge in [0.2, 0.25) is 0 Å². The van der Waals surface area contributed by atoms with Crippen LogP contribution in [0.15, 0.2) is 6.20 Å². The summed E-state index contributed by atoms with van der Waals surface area (Å²) >= 11 is 0. The van der Waals surface area contributed by atoms with Gasteiger partial charge in [0.25, 0.3) is 0 Å². The summed E-state index contributed by atoms with van der Waals surface area (Å²) in [5, 5.41) is 4.17. The Morgan fingerprint density at radius 3 is 2.53 bits per heavy atom. The van der Waals surface area contributed by atoms with E-state index in [0.29, 0.717) is 11.3 Å². The Kier molecular flexibility index (Phi) is 4.72. The first-order chi connectivity index (χ1) is 8.58. The van der Waals surface area contributed by atoms with Crippen molar-refractivity contribution in [1.82, 2.24) is 9.78 Å². The lowest BCUT2D eigenvalue weighted by Crippen LogP contribution is -2.24. The first kappa shape index (κ1) is 16.1. The Labute approximate surface area is 113 Å². The number of nitrogens with zero attached hydrogens (tertiary/aromatic N) is 2. The molecule has 1 aromatic rings. The average molecular weight is 288 g/mol. The zero-order valence-corrected chi connectivity index (χ0v) is 12.9. The third kappa shape index (κ3) is 4.00. The fraction of sp³-hybridized carbons (Fsp3) is 0.667. The van der Waals surface area contributed by atoms with Crippen molar-refractivity contribution in [2.24, 2.45) is 0 Å². The van der Waals surface area contributed by atoms with Gasteiger partial charge in [-0.05, 0) is 34.6 Å². The van der Waals surface area contributed by atoms with Crippen LogP contribution in [0.3, 0.4) is 0 Å². The van der Waals surface area contributed by atoms with Crippen LogP contribution < -0.4 is 0 Å². The van der Waals surface area contributed by atoms with E-state index in [1.807, 2.05) is 20.8 Å². The zero-order valence-electron chi connectivity index (χ0n) is 12.0. The summed E-state index contributed by atoms with van der Waals surface area (Å²) in [6, 6.07) is 0. The summed E-state index contributed by atoms with van der Waals surface area (Å²) in [6.45, 7) is 9.39. The minimum absolute atomic E-state index is 0.0985. The molecule has 1 N–H and O–H groups in total. The predicted octanol–water partition coefficient (Wildman–Crippen LogP) is 2.35. The summed E-state index contributed by atoms with van der Waals surface area (Å²) in [7, 11) is -3.85. The summed E-state index contributed by atoms with van der Waals surface area (Å²) in [4.78, 5) is 21.5. The van der Waals surface area contributed by atoms with Gasteiger partial charge in [-0.2, -0.15) is 5.10 Å². The Morgan fingerprint density at radius 2 is 2.11 bits per heavy atom. The van der Waals surface area contributed by atoms with Gasteiger partial charge in [-0.25, -0.2) is 0 Å². The van der Waals surface area contributed by atoms with Crippen molar-refractivity contribution in [3.05, 3.63) is 17.5 Å². The zero-order chi connectivity index (χ0) is 14.8. The van der Waals surface area contributed by atoms with Crippen LogP contribution in [-0.4, -0.2) is 33.2 Å². The molecule has 0 aliphatic carbocycles. The molecule has 19 heavy (non-hydrogen) atoms. The maximum Gasteiger partial charge on any atom is 0.335 e. The van der Waals surface area contributed by atoms with Crippen molar-refractivity contribution in [2.75, 3.05) is 12.8 Å². The van der Waals surface area contributed by atoms with E-state index >= 15 is 0 Å². The number of rotatable bonds is 5. The van der Waals surface area contributed by atoms with Gasteiger partial charge in [0.1, 0.15) is 6.16 Å². The molecule has 0 amide bonds. The van der Waals surface area contributed by atoms with Crippen molar-refractivity contribution < 1.29 is 18.8 Å². The molecule has 1 aromatic heterocycles. The number of hydrogen-bond acceptors (Lipinski definition) is 4. The second kappa shape index (κ2) is 5.57. The molecule has 1 heterocycles. The van der Waals surface area contributed by atoms with Crippen LogP contribution in [0.25, 0.3) is 0 Å². The molecule has 0 spiro atoms. The SMILES string of the molecule is CCOP(=O)(O)CC(=O)c1cnn(C(C)(C)C)c1C. The molecule has 1 rings (SSSR count). The van der Waals surface area contributed by atoms with Gasteiger partial charge in [0.05, 0.1) is 23.9 Å². The molecule has 7 heteroatoms. The molecule has 0 aliphatic rings. The van der Waals surface area contributed by atoms with E-state index in [0.717, 1.165) is 0 Å². The summed E-state index contributed by atoms with van der Waals surface area (Å²) in [5.74, 6) is -0.424. The highest BCUT2D eigenvalue weighted by Crippen LogP contribution is 2.42. The third-order valence-corrected chi connectivity index (χ3v) is 3.97. The van der Waals surface area contributed by atoms with Gasteiger partial charge in [-0.15, -0.1) is 0 Å². The minimum Gasteiger partial charge on any atom is -0.324 e. The molecule has 0 aliphatic heterocycles. The maximum absolute atomic E-state index is 12.0. The summed E-state index contributed by atoms with van der Waals surface area (Å²) in [5.41, 5.74) is 0.809. The molecule has 0 radical (unpaired) electrons. The molecule has 0 bridgehead atoms. The summed E-state index contributed by atoms with van der Waals surface area (Å²) < 4.78 is 18.0. The van der Waals surface area contributed by atoms with Crippen LogP contribution in [0.2, 0.25) is 0 Å². The summed E-state index contributed by atoms with van der Waals surface area (Å²) in [6.07, 6.45) is 0.923. The lowest BCUT2D eigenvalue weighted by Gasteiger charge is -2.21. The van der Waals surface area contributed by atoms with Crippen LogP contribution >= 0.6 is 7.60 Å². The number of carbonyl (C=O) groups is 1. The quantitative estimate of drug-likeness (QED) is 0.664. The molecular weight excluding hydrogens is 267 g/mol. The fourth-order valence-electron chi connectivity index (χ4n) is 1.87. The second-order valence-corrected chi connectivity index (χ2v) is 7.21. The number of Topliss-reactive ketones (excluding diaryl/α,β-unsaturated/α-hetero) is 1. The molecule has 108 valence electrons. The standard InChI is InChI=1S/C12H21N2O4P/c1-6-18-19(16,17)8-11(15)10-7-13-14(9(10)2)12(3,4)5/h7H,6,8H2,1-5H3,(H,16,17). The smallest absolute Gasteiger partial charge is 0.324 e. The highest BCUT2D eigenvalue weighted by Gasteiger charge is 2.28. The fourth-order valence-corrected chi connectivity index (χ4v) is 2.90. The lowest BCUT2D eigenvalue weighted by atomic mass is 10.1. The first-order valence-corrected chi connectivity index (χ1v) is 7.89. The maximum atomic E-state index is 12.0. The van der Waals surface area contributed by atoms with Gasteiger partial charge >= 0.3 is 7.60 Å². The van der Waals surface area contributed by atoms with Gasteiger partial charge in [-0.1, -0.05) is 0 Å². The number of carbonyl (C=O) groups excluding carboxylic acids is 1. The van der Waals surface area contributed by atoms with E-state index in [1.54, 1.807) is 18.5 Å².